The van der Waals surface area contributed by atoms with E-state index >= 15 is 0 Å². The van der Waals surface area contributed by atoms with E-state index in [9.17, 15) is 0 Å². The number of hydrogen-bond acceptors (Lipinski definition) is 5. The molecule has 1 saturated carbocycles. The molecule has 5 nitrogen and oxygen atoms in total. The summed E-state index contributed by atoms with van der Waals surface area (Å²) in [6, 6.07) is 0. The van der Waals surface area contributed by atoms with Crippen LogP contribution in [0.5, 0.6) is 0 Å². The summed E-state index contributed by atoms with van der Waals surface area (Å²) in [5.74, 6) is 0. The highest BCUT2D eigenvalue weighted by atomic mass is 16.4. The Balaban J connectivity index is 2.63. The maximum absolute atomic E-state index is 8.97. The fourth-order valence-corrected chi connectivity index (χ4v) is 1.18. The Morgan fingerprint density at radius 3 is 1.36 bits per heavy atom. The maximum Gasteiger partial charge on any atom is 0.111 e. The molecule has 5 atom stereocenters. The Morgan fingerprint density at radius 1 is 0.636 bits per heavy atom. The third-order valence-corrected chi connectivity index (χ3v) is 1.97. The van der Waals surface area contributed by atoms with E-state index in [2.05, 4.69) is 0 Å². The molecule has 0 heterocycles. The predicted octanol–water partition coefficient (Wildman–Crippen LogP) is -2.81. The van der Waals surface area contributed by atoms with E-state index in [0.29, 0.717) is 0 Å². The second-order valence-corrected chi connectivity index (χ2v) is 2.84. The van der Waals surface area contributed by atoms with Gasteiger partial charge in [-0.05, 0) is 0 Å². The molecule has 0 aromatic carbocycles. The normalized spacial score (nSPS) is 52.6. The zero-order valence-corrected chi connectivity index (χ0v) is 5.83. The van der Waals surface area contributed by atoms with E-state index in [1.165, 1.54) is 0 Å². The summed E-state index contributed by atoms with van der Waals surface area (Å²) in [7, 11) is 0. The molecule has 0 spiro atoms. The predicted molar refractivity (Wildman–Crippen MR) is 34.7 cm³/mol. The lowest BCUT2D eigenvalue weighted by Gasteiger charge is -2.35. The first-order valence-electron chi connectivity index (χ1n) is 3.44. The van der Waals surface area contributed by atoms with Gasteiger partial charge in [-0.25, -0.2) is 0 Å². The van der Waals surface area contributed by atoms with E-state index in [0.717, 1.165) is 0 Å². The first-order valence-corrected chi connectivity index (χ1v) is 3.44. The lowest BCUT2D eigenvalue weighted by molar-refractivity contribution is -0.176. The van der Waals surface area contributed by atoms with Crippen LogP contribution in [0.3, 0.4) is 0 Å². The molecular weight excluding hydrogens is 152 g/mol. The molecule has 0 aromatic rings. The third-order valence-electron chi connectivity index (χ3n) is 1.97. The second kappa shape index (κ2) is 3.04. The van der Waals surface area contributed by atoms with Crippen LogP contribution in [-0.2, 0) is 0 Å². The summed E-state index contributed by atoms with van der Waals surface area (Å²) in [6.07, 6.45) is -6.64. The van der Waals surface area contributed by atoms with Crippen molar-refractivity contribution in [3.8, 4) is 0 Å². The van der Waals surface area contributed by atoms with Gasteiger partial charge in [-0.2, -0.15) is 0 Å². The molecule has 1 rings (SSSR count). The lowest BCUT2D eigenvalue weighted by atomic mass is 9.87. The standard InChI is InChI=1S/C6H12O5/c7-2-1-3(8)5(10)6(11)4(2)9/h2-11H,1H2/t2-,3?,4?,5-,6+/m1/s1. The highest BCUT2D eigenvalue weighted by Crippen LogP contribution is 2.20. The average Bonchev–Trinajstić information content (AvgIpc) is 1.97. The van der Waals surface area contributed by atoms with Crippen molar-refractivity contribution >= 4 is 0 Å². The first-order chi connectivity index (χ1) is 5.04. The Morgan fingerprint density at radius 2 is 1.00 bits per heavy atom. The van der Waals surface area contributed by atoms with Gasteiger partial charge in [0.05, 0.1) is 12.2 Å². The van der Waals surface area contributed by atoms with Crippen molar-refractivity contribution in [1.82, 2.24) is 0 Å². The maximum atomic E-state index is 8.97. The Hall–Kier alpha value is -0.200. The zero-order valence-electron chi connectivity index (χ0n) is 5.83. The van der Waals surface area contributed by atoms with Crippen LogP contribution < -0.4 is 0 Å². The molecule has 66 valence electrons. The van der Waals surface area contributed by atoms with Gasteiger partial charge >= 0.3 is 0 Å². The van der Waals surface area contributed by atoms with Gasteiger partial charge in [0.15, 0.2) is 0 Å². The van der Waals surface area contributed by atoms with E-state index in [-0.39, 0.29) is 6.42 Å². The largest absolute Gasteiger partial charge is 0.390 e. The molecule has 1 aliphatic carbocycles. The van der Waals surface area contributed by atoms with Crippen molar-refractivity contribution < 1.29 is 25.5 Å². The Bertz CT molecular complexity index is 125. The van der Waals surface area contributed by atoms with E-state index in [4.69, 9.17) is 25.5 Å². The summed E-state index contributed by atoms with van der Waals surface area (Å²) in [6.45, 7) is 0. The van der Waals surface area contributed by atoms with Crippen LogP contribution in [-0.4, -0.2) is 56.1 Å². The molecule has 1 fully saturated rings. The van der Waals surface area contributed by atoms with Gasteiger partial charge in [-0.3, -0.25) is 0 Å². The van der Waals surface area contributed by atoms with E-state index in [1.54, 1.807) is 0 Å². The Kier molecular flexibility index (Phi) is 2.46. The summed E-state index contributed by atoms with van der Waals surface area (Å²) in [5, 5.41) is 44.8. The van der Waals surface area contributed by atoms with Gasteiger partial charge < -0.3 is 25.5 Å². The summed E-state index contributed by atoms with van der Waals surface area (Å²) in [5.41, 5.74) is 0. The molecule has 0 aliphatic heterocycles. The molecular formula is C6H12O5. The van der Waals surface area contributed by atoms with Crippen molar-refractivity contribution in [2.24, 2.45) is 0 Å². The smallest absolute Gasteiger partial charge is 0.111 e. The van der Waals surface area contributed by atoms with Crippen LogP contribution in [0.15, 0.2) is 0 Å². The van der Waals surface area contributed by atoms with Crippen molar-refractivity contribution in [3.05, 3.63) is 0 Å². The molecule has 0 saturated heterocycles. The summed E-state index contributed by atoms with van der Waals surface area (Å²) in [4.78, 5) is 0. The minimum atomic E-state index is -1.46. The fraction of sp³-hybridized carbons (Fsp3) is 1.00. The summed E-state index contributed by atoms with van der Waals surface area (Å²) < 4.78 is 0. The topological polar surface area (TPSA) is 101 Å². The van der Waals surface area contributed by atoms with Crippen molar-refractivity contribution in [2.45, 2.75) is 36.9 Å². The SMILES string of the molecule is OC1C[C@@H](O)C(O)[C@H](O)[C@@H]1O. The van der Waals surface area contributed by atoms with Crippen molar-refractivity contribution in [1.29, 1.82) is 0 Å². The monoisotopic (exact) mass is 164 g/mol. The molecule has 2 unspecified atom stereocenters. The average molecular weight is 164 g/mol. The number of aliphatic hydroxyl groups excluding tert-OH is 5. The van der Waals surface area contributed by atoms with Gasteiger partial charge in [0, 0.05) is 6.42 Å². The van der Waals surface area contributed by atoms with E-state index in [1.807, 2.05) is 0 Å². The molecule has 11 heavy (non-hydrogen) atoms. The lowest BCUT2D eigenvalue weighted by Crippen LogP contribution is -2.55. The quantitative estimate of drug-likeness (QED) is 0.266. The van der Waals surface area contributed by atoms with Gasteiger partial charge in [0.1, 0.15) is 18.3 Å². The molecule has 0 amide bonds. The zero-order chi connectivity index (χ0) is 8.59. The highest BCUT2D eigenvalue weighted by molar-refractivity contribution is 4.92. The molecule has 5 N–H and O–H groups in total. The molecule has 0 aromatic heterocycles. The second-order valence-electron chi connectivity index (χ2n) is 2.84. The van der Waals surface area contributed by atoms with Crippen LogP contribution in [0.2, 0.25) is 0 Å². The minimum absolute atomic E-state index is 0.112. The number of aliphatic hydroxyl groups is 5. The minimum Gasteiger partial charge on any atom is -0.390 e. The van der Waals surface area contributed by atoms with Crippen LogP contribution in [0, 0.1) is 0 Å². The fourth-order valence-electron chi connectivity index (χ4n) is 1.18. The van der Waals surface area contributed by atoms with Gasteiger partial charge in [0.2, 0.25) is 0 Å². The molecule has 0 radical (unpaired) electrons. The van der Waals surface area contributed by atoms with Gasteiger partial charge in [0.25, 0.3) is 0 Å². The highest BCUT2D eigenvalue weighted by Gasteiger charge is 2.40. The summed E-state index contributed by atoms with van der Waals surface area (Å²) >= 11 is 0. The molecule has 0 bridgehead atoms. The van der Waals surface area contributed by atoms with Crippen molar-refractivity contribution in [2.75, 3.05) is 0 Å². The third kappa shape index (κ3) is 1.52. The molecule has 1 aliphatic rings. The van der Waals surface area contributed by atoms with Crippen LogP contribution in [0.1, 0.15) is 6.42 Å². The van der Waals surface area contributed by atoms with Crippen molar-refractivity contribution in [3.63, 3.8) is 0 Å². The number of hydrogen-bond donors (Lipinski definition) is 5. The van der Waals surface area contributed by atoms with Crippen LogP contribution >= 0.6 is 0 Å². The Labute approximate surface area is 63.5 Å². The van der Waals surface area contributed by atoms with E-state index < -0.39 is 30.5 Å². The first kappa shape index (κ1) is 8.89. The van der Waals surface area contributed by atoms with Gasteiger partial charge in [-0.1, -0.05) is 0 Å². The van der Waals surface area contributed by atoms with Crippen LogP contribution in [0.4, 0.5) is 0 Å². The number of rotatable bonds is 0. The van der Waals surface area contributed by atoms with Crippen LogP contribution in [0.25, 0.3) is 0 Å². The molecule has 5 heteroatoms. The van der Waals surface area contributed by atoms with Gasteiger partial charge in [-0.15, -0.1) is 0 Å².